The van der Waals surface area contributed by atoms with Gasteiger partial charge in [0.05, 0.1) is 19.1 Å². The fraction of sp³-hybridized carbons (Fsp3) is 0.435. The summed E-state index contributed by atoms with van der Waals surface area (Å²) in [4.78, 5) is 12.4. The van der Waals surface area contributed by atoms with Gasteiger partial charge in [-0.3, -0.25) is 9.10 Å². The maximum atomic E-state index is 12.4. The molecule has 2 aromatic rings. The van der Waals surface area contributed by atoms with Gasteiger partial charge >= 0.3 is 0 Å². The Hall–Kier alpha value is -2.54. The van der Waals surface area contributed by atoms with Gasteiger partial charge in [0.2, 0.25) is 15.9 Å². The fourth-order valence-corrected chi connectivity index (χ4v) is 3.99. The molecule has 1 N–H and O–H groups in total. The van der Waals surface area contributed by atoms with Crippen LogP contribution in [0.3, 0.4) is 0 Å². The number of ether oxygens (including phenoxy) is 1. The van der Waals surface area contributed by atoms with Crippen molar-refractivity contribution in [2.45, 2.75) is 39.0 Å². The number of hydrogen-bond acceptors (Lipinski definition) is 4. The number of sulfonamides is 1. The van der Waals surface area contributed by atoms with E-state index in [9.17, 15) is 13.2 Å². The van der Waals surface area contributed by atoms with Crippen molar-refractivity contribution in [2.75, 3.05) is 30.8 Å². The highest BCUT2D eigenvalue weighted by atomic mass is 32.2. The van der Waals surface area contributed by atoms with Crippen LogP contribution in [0.5, 0.6) is 5.75 Å². The fourth-order valence-electron chi connectivity index (χ4n) is 3.13. The van der Waals surface area contributed by atoms with Gasteiger partial charge in [-0.15, -0.1) is 0 Å². The lowest BCUT2D eigenvalue weighted by molar-refractivity contribution is -0.119. The lowest BCUT2D eigenvalue weighted by Gasteiger charge is -2.24. The maximum Gasteiger partial charge on any atom is 0.240 e. The highest BCUT2D eigenvalue weighted by molar-refractivity contribution is 7.92. The Labute approximate surface area is 180 Å². The van der Waals surface area contributed by atoms with Gasteiger partial charge in [-0.1, -0.05) is 51.1 Å². The molecule has 1 amide bonds. The Balaban J connectivity index is 1.96. The highest BCUT2D eigenvalue weighted by Gasteiger charge is 2.21. The number of anilines is 1. The van der Waals surface area contributed by atoms with Gasteiger partial charge in [-0.25, -0.2) is 8.42 Å². The minimum atomic E-state index is -3.59. The van der Waals surface area contributed by atoms with Crippen molar-refractivity contribution in [1.29, 1.82) is 0 Å². The molecule has 6 nitrogen and oxygen atoms in total. The summed E-state index contributed by atoms with van der Waals surface area (Å²) in [6.45, 7) is 6.48. The molecule has 0 aliphatic rings. The van der Waals surface area contributed by atoms with Crippen molar-refractivity contribution in [2.24, 2.45) is 0 Å². The number of nitrogens with zero attached hydrogens (tertiary/aromatic N) is 1. The van der Waals surface area contributed by atoms with Crippen LogP contribution in [0.2, 0.25) is 0 Å². The molecule has 0 heterocycles. The lowest BCUT2D eigenvalue weighted by Crippen LogP contribution is -2.40. The van der Waals surface area contributed by atoms with Crippen molar-refractivity contribution < 1.29 is 17.9 Å². The van der Waals surface area contributed by atoms with Gasteiger partial charge < -0.3 is 10.1 Å². The number of nitrogens with one attached hydrogen (secondary N) is 1. The molecule has 0 aliphatic heterocycles. The molecule has 0 saturated carbocycles. The monoisotopic (exact) mass is 432 g/mol. The third kappa shape index (κ3) is 6.76. The molecule has 0 unspecified atom stereocenters. The van der Waals surface area contributed by atoms with Crippen molar-refractivity contribution in [1.82, 2.24) is 5.32 Å². The Bertz CT molecular complexity index is 948. The first kappa shape index (κ1) is 23.7. The summed E-state index contributed by atoms with van der Waals surface area (Å²) in [5, 5.41) is 2.81. The van der Waals surface area contributed by atoms with Crippen LogP contribution >= 0.6 is 0 Å². The molecular weight excluding hydrogens is 400 g/mol. The molecule has 7 heteroatoms. The minimum absolute atomic E-state index is 0.0345. The summed E-state index contributed by atoms with van der Waals surface area (Å²) in [6, 6.07) is 15.1. The zero-order chi connectivity index (χ0) is 22.4. The van der Waals surface area contributed by atoms with Gasteiger partial charge in [-0.05, 0) is 47.6 Å². The van der Waals surface area contributed by atoms with Crippen molar-refractivity contribution in [3.8, 4) is 5.75 Å². The average Bonchev–Trinajstić information content (AvgIpc) is 2.68. The minimum Gasteiger partial charge on any atom is -0.496 e. The van der Waals surface area contributed by atoms with Crippen LogP contribution in [-0.4, -0.2) is 40.8 Å². The summed E-state index contributed by atoms with van der Waals surface area (Å²) in [5.74, 6) is 0.492. The molecule has 2 aromatic carbocycles. The summed E-state index contributed by atoms with van der Waals surface area (Å²) in [5.41, 5.74) is 2.62. The van der Waals surface area contributed by atoms with Crippen LogP contribution in [0.15, 0.2) is 48.5 Å². The summed E-state index contributed by atoms with van der Waals surface area (Å²) < 4.78 is 31.0. The number of rotatable bonds is 9. The number of benzene rings is 2. The van der Waals surface area contributed by atoms with Crippen LogP contribution in [-0.2, 0) is 26.7 Å². The third-order valence-electron chi connectivity index (χ3n) is 4.85. The molecule has 0 fully saturated rings. The largest absolute Gasteiger partial charge is 0.496 e. The number of carbonyl (C=O) groups is 1. The average molecular weight is 433 g/mol. The summed E-state index contributed by atoms with van der Waals surface area (Å²) in [7, 11) is -1.95. The normalized spacial score (nSPS) is 11.8. The third-order valence-corrected chi connectivity index (χ3v) is 5.99. The Morgan fingerprint density at radius 2 is 1.70 bits per heavy atom. The first-order valence-electron chi connectivity index (χ1n) is 9.99. The molecule has 0 radical (unpaired) electrons. The number of para-hydroxylation sites is 1. The number of carbonyl (C=O) groups excluding carboxylic acids is 1. The zero-order valence-electron chi connectivity index (χ0n) is 18.4. The topological polar surface area (TPSA) is 75.7 Å². The van der Waals surface area contributed by atoms with E-state index in [0.717, 1.165) is 40.3 Å². The number of methoxy groups -OCH3 is 1. The van der Waals surface area contributed by atoms with Crippen molar-refractivity contribution in [3.63, 3.8) is 0 Å². The summed E-state index contributed by atoms with van der Waals surface area (Å²) in [6.07, 6.45) is 2.60. The lowest BCUT2D eigenvalue weighted by atomic mass is 9.87. The number of hydrogen-bond donors (Lipinski definition) is 1. The molecule has 0 bridgehead atoms. The second kappa shape index (κ2) is 9.98. The number of aryl methyl sites for hydroxylation is 1. The first-order valence-corrected chi connectivity index (χ1v) is 11.8. The van der Waals surface area contributed by atoms with Gasteiger partial charge in [0, 0.05) is 6.54 Å². The van der Waals surface area contributed by atoms with Gasteiger partial charge in [0.15, 0.2) is 0 Å². The van der Waals surface area contributed by atoms with Crippen LogP contribution in [0, 0.1) is 0 Å². The quantitative estimate of drug-likeness (QED) is 0.615. The Morgan fingerprint density at radius 3 is 2.27 bits per heavy atom. The van der Waals surface area contributed by atoms with Crippen LogP contribution in [0.25, 0.3) is 0 Å². The van der Waals surface area contributed by atoms with Gasteiger partial charge in [-0.2, -0.15) is 0 Å². The predicted molar refractivity (Wildman–Crippen MR) is 122 cm³/mol. The Kier molecular flexibility index (Phi) is 7.89. The highest BCUT2D eigenvalue weighted by Crippen LogP contribution is 2.26. The second-order valence-electron chi connectivity index (χ2n) is 8.33. The standard InChI is InChI=1S/C23H32N2O4S/c1-23(2,3)19-12-14-20(15-13-19)25(30(5,27)28)17-22(26)24-16-8-10-18-9-6-7-11-21(18)29-4/h6-7,9,11-15H,8,10,16-17H2,1-5H3,(H,24,26). The van der Waals surface area contributed by atoms with E-state index in [4.69, 9.17) is 4.74 Å². The van der Waals surface area contributed by atoms with E-state index in [-0.39, 0.29) is 17.9 Å². The van der Waals surface area contributed by atoms with Gasteiger partial charge in [0.25, 0.3) is 0 Å². The van der Waals surface area contributed by atoms with E-state index in [2.05, 4.69) is 26.1 Å². The predicted octanol–water partition coefficient (Wildman–Crippen LogP) is 3.51. The molecule has 0 aliphatic carbocycles. The molecule has 0 atom stereocenters. The van der Waals surface area contributed by atoms with E-state index in [1.165, 1.54) is 0 Å². The van der Waals surface area contributed by atoms with Crippen LogP contribution in [0.4, 0.5) is 5.69 Å². The second-order valence-corrected chi connectivity index (χ2v) is 10.2. The maximum absolute atomic E-state index is 12.4. The van der Waals surface area contributed by atoms with E-state index < -0.39 is 10.0 Å². The van der Waals surface area contributed by atoms with E-state index in [0.29, 0.717) is 12.2 Å². The van der Waals surface area contributed by atoms with Crippen molar-refractivity contribution >= 4 is 21.6 Å². The SMILES string of the molecule is COc1ccccc1CCCNC(=O)CN(c1ccc(C(C)(C)C)cc1)S(C)(=O)=O. The van der Waals surface area contributed by atoms with E-state index >= 15 is 0 Å². The smallest absolute Gasteiger partial charge is 0.240 e. The molecular formula is C23H32N2O4S. The van der Waals surface area contributed by atoms with Crippen molar-refractivity contribution in [3.05, 3.63) is 59.7 Å². The van der Waals surface area contributed by atoms with Crippen LogP contribution in [0.1, 0.15) is 38.3 Å². The summed E-state index contributed by atoms with van der Waals surface area (Å²) >= 11 is 0. The first-order chi connectivity index (χ1) is 14.0. The van der Waals surface area contributed by atoms with E-state index in [1.54, 1.807) is 19.2 Å². The Morgan fingerprint density at radius 1 is 1.07 bits per heavy atom. The van der Waals surface area contributed by atoms with Crippen LogP contribution < -0.4 is 14.4 Å². The molecule has 164 valence electrons. The number of amides is 1. The van der Waals surface area contributed by atoms with Gasteiger partial charge in [0.1, 0.15) is 12.3 Å². The molecule has 0 saturated heterocycles. The molecule has 2 rings (SSSR count). The van der Waals surface area contributed by atoms with E-state index in [1.807, 2.05) is 36.4 Å². The zero-order valence-corrected chi connectivity index (χ0v) is 19.3. The molecule has 0 spiro atoms. The molecule has 30 heavy (non-hydrogen) atoms. The molecule has 0 aromatic heterocycles.